The molecule has 0 spiro atoms. The summed E-state index contributed by atoms with van der Waals surface area (Å²) in [5.41, 5.74) is 6.48. The first kappa shape index (κ1) is 25.1. The van der Waals surface area contributed by atoms with E-state index in [0.717, 1.165) is 18.3 Å². The number of rotatable bonds is 12. The summed E-state index contributed by atoms with van der Waals surface area (Å²) in [6, 6.07) is 2.90. The molecule has 0 saturated heterocycles. The monoisotopic (exact) mass is 433 g/mol. The number of halogens is 3. The Kier molecular flexibility index (Phi) is 9.44. The highest BCUT2D eigenvalue weighted by Gasteiger charge is 2.31. The van der Waals surface area contributed by atoms with Crippen LogP contribution in [-0.4, -0.2) is 40.6 Å². The molecule has 0 bridgehead atoms. The number of ether oxygens (including phenoxy) is 1. The highest BCUT2D eigenvalue weighted by molar-refractivity contribution is 5.77. The normalized spacial score (nSPS) is 14.3. The van der Waals surface area contributed by atoms with Crippen LogP contribution in [0.3, 0.4) is 0 Å². The van der Waals surface area contributed by atoms with Gasteiger partial charge in [0.15, 0.2) is 0 Å². The zero-order valence-electron chi connectivity index (χ0n) is 16.6. The number of hydrogen-bond donors (Lipinski definition) is 5. The van der Waals surface area contributed by atoms with Crippen LogP contribution in [0.5, 0.6) is 5.75 Å². The van der Waals surface area contributed by atoms with Crippen LogP contribution in [0, 0.1) is 5.92 Å². The third kappa shape index (κ3) is 9.50. The molecule has 11 heteroatoms. The summed E-state index contributed by atoms with van der Waals surface area (Å²) in [6.45, 7) is 3.81. The molecule has 1 unspecified atom stereocenters. The van der Waals surface area contributed by atoms with Gasteiger partial charge in [0.1, 0.15) is 17.8 Å². The Morgan fingerprint density at radius 1 is 1.13 bits per heavy atom. The predicted octanol–water partition coefficient (Wildman–Crippen LogP) is 2.41. The molecule has 30 heavy (non-hydrogen) atoms. The lowest BCUT2D eigenvalue weighted by molar-refractivity contribution is -0.274. The fraction of sp³-hybridized carbons (Fsp3) is 0.474. The maximum absolute atomic E-state index is 12.2. The molecular formula is C19H26F3N3O5. The fourth-order valence-electron chi connectivity index (χ4n) is 2.62. The summed E-state index contributed by atoms with van der Waals surface area (Å²) < 4.78 is 40.4. The number of carbonyl (C=O) groups is 2. The number of nitrogens with two attached hydrogens (primary N) is 1. The average Bonchev–Trinajstić information content (AvgIpc) is 2.62. The van der Waals surface area contributed by atoms with E-state index in [0.29, 0.717) is 11.3 Å². The molecule has 8 nitrogen and oxygen atoms in total. The number of carboxylic acids is 2. The van der Waals surface area contributed by atoms with Crippen LogP contribution in [0.15, 0.2) is 36.2 Å². The molecule has 1 aromatic rings. The van der Waals surface area contributed by atoms with E-state index >= 15 is 0 Å². The summed E-state index contributed by atoms with van der Waals surface area (Å²) in [4.78, 5) is 22.9. The van der Waals surface area contributed by atoms with Gasteiger partial charge in [-0.05, 0) is 30.0 Å². The number of alkyl halides is 3. The molecule has 0 radical (unpaired) electrons. The fourth-order valence-corrected chi connectivity index (χ4v) is 2.62. The molecule has 0 aromatic heterocycles. The van der Waals surface area contributed by atoms with Crippen molar-refractivity contribution in [3.63, 3.8) is 0 Å². The summed E-state index contributed by atoms with van der Waals surface area (Å²) in [5.74, 6) is -2.71. The summed E-state index contributed by atoms with van der Waals surface area (Å²) in [7, 11) is 0. The van der Waals surface area contributed by atoms with Crippen molar-refractivity contribution in [3.8, 4) is 5.75 Å². The lowest BCUT2D eigenvalue weighted by atomic mass is 10.0. The minimum atomic E-state index is -4.78. The number of nitrogens with one attached hydrogen (secondary N) is 2. The van der Waals surface area contributed by atoms with Gasteiger partial charge in [-0.15, -0.1) is 13.2 Å². The van der Waals surface area contributed by atoms with E-state index in [1.165, 1.54) is 12.1 Å². The summed E-state index contributed by atoms with van der Waals surface area (Å²) >= 11 is 0. The quantitative estimate of drug-likeness (QED) is 0.339. The molecule has 0 aliphatic heterocycles. The third-order valence-corrected chi connectivity index (χ3v) is 4.01. The van der Waals surface area contributed by atoms with Gasteiger partial charge in [0.05, 0.1) is 0 Å². The molecule has 1 aromatic carbocycles. The molecule has 0 amide bonds. The SMILES string of the molecule is CC(C)CC(N[C@@H](C/C(=C/N)NCc1ccc(OC(F)(F)F)cc1)C(=O)O)C(=O)O. The zero-order chi connectivity index (χ0) is 22.9. The second-order valence-electron chi connectivity index (χ2n) is 7.02. The van der Waals surface area contributed by atoms with E-state index in [1.807, 2.05) is 13.8 Å². The van der Waals surface area contributed by atoms with Crippen molar-refractivity contribution in [1.82, 2.24) is 10.6 Å². The lowest BCUT2D eigenvalue weighted by Gasteiger charge is -2.23. The van der Waals surface area contributed by atoms with E-state index in [9.17, 15) is 33.0 Å². The van der Waals surface area contributed by atoms with Gasteiger partial charge in [-0.25, -0.2) is 0 Å². The molecule has 0 saturated carbocycles. The average molecular weight is 433 g/mol. The second-order valence-corrected chi connectivity index (χ2v) is 7.02. The van der Waals surface area contributed by atoms with Crippen molar-refractivity contribution in [2.24, 2.45) is 11.7 Å². The molecule has 6 N–H and O–H groups in total. The van der Waals surface area contributed by atoms with Gasteiger partial charge in [0.2, 0.25) is 0 Å². The Hall–Kier alpha value is -2.95. The van der Waals surface area contributed by atoms with Crippen molar-refractivity contribution in [2.75, 3.05) is 0 Å². The Morgan fingerprint density at radius 3 is 2.13 bits per heavy atom. The molecule has 0 fully saturated rings. The Morgan fingerprint density at radius 2 is 1.70 bits per heavy atom. The van der Waals surface area contributed by atoms with E-state index < -0.39 is 30.4 Å². The maximum Gasteiger partial charge on any atom is 0.573 e. The van der Waals surface area contributed by atoms with Gasteiger partial charge in [-0.3, -0.25) is 14.9 Å². The predicted molar refractivity (Wildman–Crippen MR) is 102 cm³/mol. The molecule has 0 aliphatic rings. The van der Waals surface area contributed by atoms with Crippen LogP contribution in [0.25, 0.3) is 0 Å². The van der Waals surface area contributed by atoms with Gasteiger partial charge < -0.3 is 26.0 Å². The minimum Gasteiger partial charge on any atom is -0.480 e. The molecule has 168 valence electrons. The van der Waals surface area contributed by atoms with Gasteiger partial charge in [-0.1, -0.05) is 26.0 Å². The van der Waals surface area contributed by atoms with Crippen molar-refractivity contribution in [1.29, 1.82) is 0 Å². The minimum absolute atomic E-state index is 0.0417. The van der Waals surface area contributed by atoms with Crippen molar-refractivity contribution < 1.29 is 37.7 Å². The van der Waals surface area contributed by atoms with Crippen LogP contribution < -0.4 is 21.1 Å². The van der Waals surface area contributed by atoms with Crippen LogP contribution in [0.2, 0.25) is 0 Å². The van der Waals surface area contributed by atoms with Gasteiger partial charge >= 0.3 is 18.3 Å². The standard InChI is InChI=1S/C19H26F3N3O5/c1-11(2)7-15(17(26)27)25-16(18(28)29)8-13(9-23)24-10-12-3-5-14(6-4-12)30-19(20,21)22/h3-6,9,11,15-16,24-25H,7-8,10,23H2,1-2H3,(H,26,27)(H,28,29)/b13-9-/t15?,16-/m0/s1. The lowest BCUT2D eigenvalue weighted by Crippen LogP contribution is -2.48. The van der Waals surface area contributed by atoms with E-state index in [4.69, 9.17) is 5.73 Å². The molecule has 0 heterocycles. The first-order chi connectivity index (χ1) is 13.9. The zero-order valence-corrected chi connectivity index (χ0v) is 16.6. The Labute approximate surface area is 171 Å². The molecule has 2 atom stereocenters. The van der Waals surface area contributed by atoms with Gasteiger partial charge in [0.25, 0.3) is 0 Å². The maximum atomic E-state index is 12.2. The van der Waals surface area contributed by atoms with Crippen LogP contribution in [0.4, 0.5) is 13.2 Å². The van der Waals surface area contributed by atoms with Crippen molar-refractivity contribution >= 4 is 11.9 Å². The van der Waals surface area contributed by atoms with Crippen molar-refractivity contribution in [2.45, 2.75) is 51.7 Å². The smallest absolute Gasteiger partial charge is 0.480 e. The number of carboxylic acid groups (broad SMARTS) is 2. The highest BCUT2D eigenvalue weighted by atomic mass is 19.4. The number of aliphatic carboxylic acids is 2. The van der Waals surface area contributed by atoms with Crippen molar-refractivity contribution in [3.05, 3.63) is 41.7 Å². The molecule has 0 aliphatic carbocycles. The van der Waals surface area contributed by atoms with Crippen LogP contribution in [0.1, 0.15) is 32.3 Å². The van der Waals surface area contributed by atoms with Crippen LogP contribution in [-0.2, 0) is 16.1 Å². The molecular weight excluding hydrogens is 407 g/mol. The largest absolute Gasteiger partial charge is 0.573 e. The van der Waals surface area contributed by atoms with Gasteiger partial charge in [0, 0.05) is 24.9 Å². The number of hydrogen-bond acceptors (Lipinski definition) is 6. The highest BCUT2D eigenvalue weighted by Crippen LogP contribution is 2.22. The van der Waals surface area contributed by atoms with E-state index in [-0.39, 0.29) is 31.1 Å². The Balaban J connectivity index is 2.72. The summed E-state index contributed by atoms with van der Waals surface area (Å²) in [6.07, 6.45) is -3.47. The second kappa shape index (κ2) is 11.3. The number of benzene rings is 1. The topological polar surface area (TPSA) is 134 Å². The summed E-state index contributed by atoms with van der Waals surface area (Å²) in [5, 5.41) is 24.3. The van der Waals surface area contributed by atoms with E-state index in [2.05, 4.69) is 15.4 Å². The van der Waals surface area contributed by atoms with E-state index in [1.54, 1.807) is 0 Å². The first-order valence-corrected chi connectivity index (χ1v) is 9.12. The molecule has 1 rings (SSSR count). The first-order valence-electron chi connectivity index (χ1n) is 9.12. The Bertz CT molecular complexity index is 736. The van der Waals surface area contributed by atoms with Crippen LogP contribution >= 0.6 is 0 Å². The third-order valence-electron chi connectivity index (χ3n) is 4.01. The van der Waals surface area contributed by atoms with Gasteiger partial charge in [-0.2, -0.15) is 0 Å².